The first kappa shape index (κ1) is 62.4. The van der Waals surface area contributed by atoms with Gasteiger partial charge >= 0.3 is 17.9 Å². The highest BCUT2D eigenvalue weighted by Gasteiger charge is 2.19. The first-order valence-corrected chi connectivity index (χ1v) is 28.7. The number of esters is 3. The number of hydrogen-bond donors (Lipinski definition) is 0. The van der Waals surface area contributed by atoms with Gasteiger partial charge in [-0.15, -0.1) is 0 Å². The standard InChI is InChI=1S/C58H112O6/c1-7-53(5)45-39-33-27-21-17-15-13-11-9-10-12-14-16-18-22-29-35-41-47-56(59)62-50-55(64-58(61)49-43-37-31-25-24-28-34-40-46-54(6)8-2)51-63-57(60)48-42-36-30-23-19-20-26-32-38-44-52(3)4/h52-55H,7-51H2,1-6H3/t53?,54?,55-/m0/s1. The molecule has 380 valence electrons. The number of ether oxygens (including phenoxy) is 3. The minimum atomic E-state index is -0.764. The molecule has 0 aromatic rings. The van der Waals surface area contributed by atoms with E-state index in [2.05, 4.69) is 41.5 Å². The summed E-state index contributed by atoms with van der Waals surface area (Å²) in [5.74, 6) is 1.71. The summed E-state index contributed by atoms with van der Waals surface area (Å²) in [6.07, 6.45) is 50.9. The smallest absolute Gasteiger partial charge is 0.306 e. The molecule has 3 atom stereocenters. The maximum absolute atomic E-state index is 12.8. The zero-order valence-corrected chi connectivity index (χ0v) is 44.1. The van der Waals surface area contributed by atoms with Crippen molar-refractivity contribution in [2.45, 2.75) is 324 Å². The van der Waals surface area contributed by atoms with Crippen molar-refractivity contribution < 1.29 is 28.6 Å². The SMILES string of the molecule is CCC(C)CCCCCCCCCCCCCCCCCCCCC(=O)OC[C@@H](COC(=O)CCCCCCCCCCCC(C)C)OC(=O)CCCCCCCCCCC(C)CC. The number of rotatable bonds is 51. The summed E-state index contributed by atoms with van der Waals surface area (Å²) in [6.45, 7) is 13.8. The van der Waals surface area contributed by atoms with Crippen LogP contribution in [-0.2, 0) is 28.6 Å². The van der Waals surface area contributed by atoms with Gasteiger partial charge < -0.3 is 14.2 Å². The Kier molecular flexibility index (Phi) is 48.1. The van der Waals surface area contributed by atoms with E-state index in [4.69, 9.17) is 14.2 Å². The Bertz CT molecular complexity index is 995. The van der Waals surface area contributed by atoms with Gasteiger partial charge in [0.25, 0.3) is 0 Å². The molecule has 2 unspecified atom stereocenters. The summed E-state index contributed by atoms with van der Waals surface area (Å²) in [4.78, 5) is 38.1. The van der Waals surface area contributed by atoms with Crippen LogP contribution in [0.5, 0.6) is 0 Å². The van der Waals surface area contributed by atoms with Crippen molar-refractivity contribution in [2.24, 2.45) is 17.8 Å². The Morgan fingerprint density at radius 3 is 0.812 bits per heavy atom. The van der Waals surface area contributed by atoms with E-state index in [1.807, 2.05) is 0 Å². The van der Waals surface area contributed by atoms with E-state index in [0.717, 1.165) is 75.5 Å². The van der Waals surface area contributed by atoms with Crippen molar-refractivity contribution in [2.75, 3.05) is 13.2 Å². The average Bonchev–Trinajstić information content (AvgIpc) is 3.28. The highest BCUT2D eigenvalue weighted by atomic mass is 16.6. The highest BCUT2D eigenvalue weighted by Crippen LogP contribution is 2.19. The minimum Gasteiger partial charge on any atom is -0.462 e. The summed E-state index contributed by atoms with van der Waals surface area (Å²) in [5.41, 5.74) is 0. The van der Waals surface area contributed by atoms with Gasteiger partial charge in [0.15, 0.2) is 6.10 Å². The zero-order valence-electron chi connectivity index (χ0n) is 44.1. The number of carbonyl (C=O) groups excluding carboxylic acids is 3. The van der Waals surface area contributed by atoms with Crippen LogP contribution >= 0.6 is 0 Å². The molecule has 0 radical (unpaired) electrons. The molecule has 0 heterocycles. The molecule has 6 nitrogen and oxygen atoms in total. The van der Waals surface area contributed by atoms with Crippen LogP contribution in [0, 0.1) is 17.8 Å². The molecule has 0 fully saturated rings. The molecule has 0 aliphatic heterocycles. The number of carbonyl (C=O) groups is 3. The van der Waals surface area contributed by atoms with Crippen molar-refractivity contribution in [1.82, 2.24) is 0 Å². The Morgan fingerprint density at radius 2 is 0.547 bits per heavy atom. The summed E-state index contributed by atoms with van der Waals surface area (Å²) in [7, 11) is 0. The topological polar surface area (TPSA) is 78.9 Å². The largest absolute Gasteiger partial charge is 0.462 e. The third-order valence-corrected chi connectivity index (χ3v) is 13.9. The Labute approximate surface area is 399 Å². The van der Waals surface area contributed by atoms with Gasteiger partial charge in [0.05, 0.1) is 0 Å². The van der Waals surface area contributed by atoms with Gasteiger partial charge in [0.2, 0.25) is 0 Å². The van der Waals surface area contributed by atoms with Crippen LogP contribution in [0.1, 0.15) is 318 Å². The lowest BCUT2D eigenvalue weighted by Gasteiger charge is -2.18. The minimum absolute atomic E-state index is 0.0644. The van der Waals surface area contributed by atoms with E-state index >= 15 is 0 Å². The molecule has 0 aliphatic rings. The van der Waals surface area contributed by atoms with Crippen molar-refractivity contribution in [1.29, 1.82) is 0 Å². The van der Waals surface area contributed by atoms with Gasteiger partial charge in [-0.25, -0.2) is 0 Å². The molecular formula is C58H112O6. The quantitative estimate of drug-likeness (QED) is 0.0344. The lowest BCUT2D eigenvalue weighted by molar-refractivity contribution is -0.167. The Hall–Kier alpha value is -1.59. The van der Waals surface area contributed by atoms with Crippen molar-refractivity contribution >= 4 is 17.9 Å². The fourth-order valence-corrected chi connectivity index (χ4v) is 8.76. The molecular weight excluding hydrogens is 793 g/mol. The predicted octanol–water partition coefficient (Wildman–Crippen LogP) is 18.7. The molecule has 0 saturated carbocycles. The fraction of sp³-hybridized carbons (Fsp3) is 0.948. The van der Waals surface area contributed by atoms with Crippen LogP contribution in [0.25, 0.3) is 0 Å². The molecule has 6 heteroatoms. The molecule has 0 bridgehead atoms. The number of unbranched alkanes of at least 4 members (excludes halogenated alkanes) is 32. The maximum atomic E-state index is 12.8. The van der Waals surface area contributed by atoms with E-state index in [-0.39, 0.29) is 31.1 Å². The first-order valence-electron chi connectivity index (χ1n) is 28.7. The van der Waals surface area contributed by atoms with E-state index < -0.39 is 6.10 Å². The van der Waals surface area contributed by atoms with Crippen LogP contribution in [-0.4, -0.2) is 37.2 Å². The lowest BCUT2D eigenvalue weighted by atomic mass is 9.99. The summed E-state index contributed by atoms with van der Waals surface area (Å²) >= 11 is 0. The van der Waals surface area contributed by atoms with Gasteiger partial charge in [0, 0.05) is 19.3 Å². The van der Waals surface area contributed by atoms with Crippen LogP contribution < -0.4 is 0 Å². The van der Waals surface area contributed by atoms with Crippen LogP contribution in [0.4, 0.5) is 0 Å². The summed E-state index contributed by atoms with van der Waals surface area (Å²) < 4.78 is 16.9. The summed E-state index contributed by atoms with van der Waals surface area (Å²) in [6, 6.07) is 0. The molecule has 0 aromatic heterocycles. The monoisotopic (exact) mass is 905 g/mol. The third kappa shape index (κ3) is 48.3. The Balaban J connectivity index is 4.21. The highest BCUT2D eigenvalue weighted by molar-refractivity contribution is 5.71. The summed E-state index contributed by atoms with van der Waals surface area (Å²) in [5, 5.41) is 0. The molecule has 64 heavy (non-hydrogen) atoms. The van der Waals surface area contributed by atoms with Gasteiger partial charge in [-0.1, -0.05) is 279 Å². The van der Waals surface area contributed by atoms with Gasteiger partial charge in [0.1, 0.15) is 13.2 Å². The van der Waals surface area contributed by atoms with Crippen LogP contribution in [0.2, 0.25) is 0 Å². The Morgan fingerprint density at radius 1 is 0.312 bits per heavy atom. The molecule has 0 amide bonds. The van der Waals surface area contributed by atoms with E-state index in [1.54, 1.807) is 0 Å². The molecule has 0 aliphatic carbocycles. The van der Waals surface area contributed by atoms with E-state index in [1.165, 1.54) is 199 Å². The van der Waals surface area contributed by atoms with Gasteiger partial charge in [-0.2, -0.15) is 0 Å². The van der Waals surface area contributed by atoms with Gasteiger partial charge in [-0.3, -0.25) is 14.4 Å². The van der Waals surface area contributed by atoms with E-state index in [9.17, 15) is 14.4 Å². The van der Waals surface area contributed by atoms with Gasteiger partial charge in [-0.05, 0) is 37.0 Å². The second-order valence-corrected chi connectivity index (χ2v) is 20.9. The number of hydrogen-bond acceptors (Lipinski definition) is 6. The van der Waals surface area contributed by atoms with Crippen molar-refractivity contribution in [3.63, 3.8) is 0 Å². The third-order valence-electron chi connectivity index (χ3n) is 13.9. The molecule has 0 aromatic carbocycles. The van der Waals surface area contributed by atoms with E-state index in [0.29, 0.717) is 19.3 Å². The average molecular weight is 906 g/mol. The normalized spacial score (nSPS) is 13.0. The second kappa shape index (κ2) is 49.3. The van der Waals surface area contributed by atoms with Crippen molar-refractivity contribution in [3.05, 3.63) is 0 Å². The molecule has 0 spiro atoms. The molecule has 0 saturated heterocycles. The molecule has 0 N–H and O–H groups in total. The maximum Gasteiger partial charge on any atom is 0.306 e. The first-order chi connectivity index (χ1) is 31.2. The lowest BCUT2D eigenvalue weighted by Crippen LogP contribution is -2.30. The molecule has 0 rings (SSSR count). The zero-order chi connectivity index (χ0) is 47.0. The fourth-order valence-electron chi connectivity index (χ4n) is 8.76. The second-order valence-electron chi connectivity index (χ2n) is 20.9. The van der Waals surface area contributed by atoms with Crippen molar-refractivity contribution in [3.8, 4) is 0 Å². The van der Waals surface area contributed by atoms with Crippen LogP contribution in [0.15, 0.2) is 0 Å². The predicted molar refractivity (Wildman–Crippen MR) is 275 cm³/mol. The van der Waals surface area contributed by atoms with Crippen LogP contribution in [0.3, 0.4) is 0 Å².